The summed E-state index contributed by atoms with van der Waals surface area (Å²) in [6, 6.07) is 5.84. The van der Waals surface area contributed by atoms with E-state index in [1.54, 1.807) is 12.4 Å². The third-order valence-corrected chi connectivity index (χ3v) is 3.37. The maximum absolute atomic E-state index is 12.4. The van der Waals surface area contributed by atoms with E-state index in [9.17, 15) is 4.79 Å². The molecule has 1 aliphatic rings. The van der Waals surface area contributed by atoms with Crippen LogP contribution in [0.4, 0.5) is 0 Å². The van der Waals surface area contributed by atoms with Crippen LogP contribution in [-0.2, 0) is 0 Å². The van der Waals surface area contributed by atoms with Crippen molar-refractivity contribution in [3.8, 4) is 0 Å². The van der Waals surface area contributed by atoms with Gasteiger partial charge in [-0.1, -0.05) is 0 Å². The van der Waals surface area contributed by atoms with Crippen molar-refractivity contribution in [3.05, 3.63) is 36.2 Å². The van der Waals surface area contributed by atoms with Gasteiger partial charge in [0.05, 0.1) is 11.0 Å². The zero-order valence-electron chi connectivity index (χ0n) is 11.2. The summed E-state index contributed by atoms with van der Waals surface area (Å²) < 4.78 is 0. The van der Waals surface area contributed by atoms with Gasteiger partial charge in [0.15, 0.2) is 0 Å². The molecule has 0 spiro atoms. The lowest BCUT2D eigenvalue weighted by Gasteiger charge is -2.32. The molecule has 1 amide bonds. The number of nitrogens with zero attached hydrogens (tertiary/aromatic N) is 3. The van der Waals surface area contributed by atoms with E-state index in [0.717, 1.165) is 30.7 Å². The van der Waals surface area contributed by atoms with Gasteiger partial charge >= 0.3 is 0 Å². The van der Waals surface area contributed by atoms with Crippen LogP contribution in [0.25, 0.3) is 11.0 Å². The number of halogens is 1. The molecule has 1 atom stereocenters. The van der Waals surface area contributed by atoms with Crippen LogP contribution >= 0.6 is 12.4 Å². The average Bonchev–Trinajstić information content (AvgIpc) is 2.46. The minimum absolute atomic E-state index is 0. The topological polar surface area (TPSA) is 58.1 Å². The number of fused-ring (bicyclic) bond motifs is 1. The zero-order valence-corrected chi connectivity index (χ0v) is 12.1. The lowest BCUT2D eigenvalue weighted by atomic mass is 10.1. The van der Waals surface area contributed by atoms with E-state index in [0.29, 0.717) is 11.6 Å². The van der Waals surface area contributed by atoms with E-state index in [1.165, 1.54) is 0 Å². The number of carbonyl (C=O) groups excluding carboxylic acids is 1. The minimum Gasteiger partial charge on any atom is -0.336 e. The van der Waals surface area contributed by atoms with Gasteiger partial charge in [0.2, 0.25) is 0 Å². The van der Waals surface area contributed by atoms with E-state index in [-0.39, 0.29) is 18.3 Å². The lowest BCUT2D eigenvalue weighted by molar-refractivity contribution is 0.0709. The number of amides is 1. The second-order valence-electron chi connectivity index (χ2n) is 4.87. The first-order valence-electron chi connectivity index (χ1n) is 6.47. The highest BCUT2D eigenvalue weighted by atomic mass is 35.5. The smallest absolute Gasteiger partial charge is 0.254 e. The van der Waals surface area contributed by atoms with E-state index in [4.69, 9.17) is 0 Å². The molecule has 0 aliphatic carbocycles. The molecule has 0 radical (unpaired) electrons. The summed E-state index contributed by atoms with van der Waals surface area (Å²) in [5.41, 5.74) is 2.26. The monoisotopic (exact) mass is 292 g/mol. The van der Waals surface area contributed by atoms with Crippen LogP contribution in [0, 0.1) is 0 Å². The Hall–Kier alpha value is -1.72. The van der Waals surface area contributed by atoms with Gasteiger partial charge in [0, 0.05) is 43.6 Å². The molecule has 1 fully saturated rings. The molecule has 20 heavy (non-hydrogen) atoms. The first-order valence-corrected chi connectivity index (χ1v) is 6.47. The number of carbonyl (C=O) groups is 1. The number of nitrogens with one attached hydrogen (secondary N) is 1. The van der Waals surface area contributed by atoms with Crippen LogP contribution in [0.3, 0.4) is 0 Å². The number of piperazine rings is 1. The zero-order chi connectivity index (χ0) is 13.2. The largest absolute Gasteiger partial charge is 0.336 e. The Labute approximate surface area is 123 Å². The number of hydrogen-bond donors (Lipinski definition) is 1. The Bertz CT molecular complexity index is 619. The normalized spacial score (nSPS) is 18.6. The number of hydrogen-bond acceptors (Lipinski definition) is 4. The third kappa shape index (κ3) is 2.89. The highest BCUT2D eigenvalue weighted by molar-refractivity contribution is 5.97. The van der Waals surface area contributed by atoms with Gasteiger partial charge in [-0.15, -0.1) is 12.4 Å². The van der Waals surface area contributed by atoms with Crippen molar-refractivity contribution in [2.75, 3.05) is 19.6 Å². The van der Waals surface area contributed by atoms with Crippen molar-refractivity contribution in [2.24, 2.45) is 0 Å². The summed E-state index contributed by atoms with van der Waals surface area (Å²) in [6.45, 7) is 4.44. The van der Waals surface area contributed by atoms with Gasteiger partial charge in [-0.2, -0.15) is 0 Å². The summed E-state index contributed by atoms with van der Waals surface area (Å²) in [4.78, 5) is 22.8. The summed E-state index contributed by atoms with van der Waals surface area (Å²) in [6.07, 6.45) is 3.30. The Morgan fingerprint density at radius 3 is 2.80 bits per heavy atom. The number of aromatic nitrogens is 2. The van der Waals surface area contributed by atoms with Gasteiger partial charge in [-0.3, -0.25) is 14.8 Å². The van der Waals surface area contributed by atoms with Crippen LogP contribution in [0.2, 0.25) is 0 Å². The van der Waals surface area contributed by atoms with Crippen molar-refractivity contribution in [3.63, 3.8) is 0 Å². The summed E-state index contributed by atoms with van der Waals surface area (Å²) in [5.74, 6) is 0.0703. The molecule has 1 N–H and O–H groups in total. The van der Waals surface area contributed by atoms with Gasteiger partial charge in [-0.05, 0) is 25.1 Å². The molecule has 1 saturated heterocycles. The second-order valence-corrected chi connectivity index (χ2v) is 4.87. The molecule has 106 valence electrons. The molecular weight excluding hydrogens is 276 g/mol. The van der Waals surface area contributed by atoms with Crippen molar-refractivity contribution >= 4 is 29.3 Å². The molecular formula is C14H17ClN4O. The van der Waals surface area contributed by atoms with Gasteiger partial charge < -0.3 is 10.2 Å². The van der Waals surface area contributed by atoms with E-state index >= 15 is 0 Å². The first-order chi connectivity index (χ1) is 9.24. The molecule has 3 rings (SSSR count). The van der Waals surface area contributed by atoms with Gasteiger partial charge in [0.25, 0.3) is 5.91 Å². The van der Waals surface area contributed by atoms with Crippen LogP contribution in [-0.4, -0.2) is 46.5 Å². The fourth-order valence-electron chi connectivity index (χ4n) is 2.40. The molecule has 0 unspecified atom stereocenters. The Morgan fingerprint density at radius 1 is 1.30 bits per heavy atom. The number of rotatable bonds is 1. The maximum Gasteiger partial charge on any atom is 0.254 e. The van der Waals surface area contributed by atoms with Crippen molar-refractivity contribution in [2.45, 2.75) is 13.0 Å². The molecule has 2 heterocycles. The standard InChI is InChI=1S/C14H16N4O.ClH/c1-10-9-18(7-6-15-10)14(19)11-2-3-12-13(8-11)17-5-4-16-12;/h2-5,8,10,15H,6-7,9H2,1H3;1H/t10-;/m1./s1. The van der Waals surface area contributed by atoms with E-state index < -0.39 is 0 Å². The molecule has 0 saturated carbocycles. The average molecular weight is 293 g/mol. The van der Waals surface area contributed by atoms with Crippen LogP contribution in [0.1, 0.15) is 17.3 Å². The summed E-state index contributed by atoms with van der Waals surface area (Å²) in [5, 5.41) is 3.33. The van der Waals surface area contributed by atoms with Crippen LogP contribution < -0.4 is 5.32 Å². The SMILES string of the molecule is C[C@@H]1CN(C(=O)c2ccc3nccnc3c2)CCN1.Cl. The molecule has 1 aliphatic heterocycles. The maximum atomic E-state index is 12.4. The minimum atomic E-state index is 0. The molecule has 2 aromatic rings. The molecule has 0 bridgehead atoms. The predicted molar refractivity (Wildman–Crippen MR) is 80.2 cm³/mol. The highest BCUT2D eigenvalue weighted by Crippen LogP contribution is 2.14. The molecule has 6 heteroatoms. The molecule has 1 aromatic carbocycles. The van der Waals surface area contributed by atoms with Crippen LogP contribution in [0.15, 0.2) is 30.6 Å². The van der Waals surface area contributed by atoms with Crippen LogP contribution in [0.5, 0.6) is 0 Å². The van der Waals surface area contributed by atoms with E-state index in [1.807, 2.05) is 23.1 Å². The number of benzene rings is 1. The molecule has 5 nitrogen and oxygen atoms in total. The second kappa shape index (κ2) is 6.15. The fraction of sp³-hybridized carbons (Fsp3) is 0.357. The Kier molecular flexibility index (Phi) is 4.52. The summed E-state index contributed by atoms with van der Waals surface area (Å²) >= 11 is 0. The van der Waals surface area contributed by atoms with Crippen molar-refractivity contribution < 1.29 is 4.79 Å². The Balaban J connectivity index is 0.00000147. The fourth-order valence-corrected chi connectivity index (χ4v) is 2.40. The van der Waals surface area contributed by atoms with Crippen molar-refractivity contribution in [1.82, 2.24) is 20.2 Å². The quantitative estimate of drug-likeness (QED) is 0.865. The first kappa shape index (κ1) is 14.7. The Morgan fingerprint density at radius 2 is 2.05 bits per heavy atom. The van der Waals surface area contributed by atoms with Gasteiger partial charge in [-0.25, -0.2) is 0 Å². The third-order valence-electron chi connectivity index (χ3n) is 3.37. The molecule has 1 aromatic heterocycles. The van der Waals surface area contributed by atoms with Crippen molar-refractivity contribution in [1.29, 1.82) is 0 Å². The van der Waals surface area contributed by atoms with E-state index in [2.05, 4.69) is 22.2 Å². The predicted octanol–water partition coefficient (Wildman–Crippen LogP) is 1.49. The highest BCUT2D eigenvalue weighted by Gasteiger charge is 2.21. The summed E-state index contributed by atoms with van der Waals surface area (Å²) in [7, 11) is 0. The van der Waals surface area contributed by atoms with Gasteiger partial charge in [0.1, 0.15) is 0 Å². The lowest BCUT2D eigenvalue weighted by Crippen LogP contribution is -2.51.